The highest BCUT2D eigenvalue weighted by atomic mass is 32.2. The van der Waals surface area contributed by atoms with E-state index in [1.807, 2.05) is 18.4 Å². The lowest BCUT2D eigenvalue weighted by atomic mass is 10.1. The Balaban J connectivity index is 1.88. The number of rotatable bonds is 5. The van der Waals surface area contributed by atoms with E-state index in [-0.39, 0.29) is 11.0 Å². The van der Waals surface area contributed by atoms with E-state index in [0.717, 1.165) is 15.2 Å². The number of ether oxygens (including phenoxy) is 1. The van der Waals surface area contributed by atoms with Crippen LogP contribution in [0.2, 0.25) is 0 Å². The van der Waals surface area contributed by atoms with E-state index in [9.17, 15) is 9.59 Å². The summed E-state index contributed by atoms with van der Waals surface area (Å²) in [6.07, 6.45) is 1.51. The fourth-order valence-electron chi connectivity index (χ4n) is 2.69. The van der Waals surface area contributed by atoms with Crippen molar-refractivity contribution in [2.24, 2.45) is 0 Å². The molecular formula is C17H17N3O3S2. The molecular weight excluding hydrogens is 358 g/mol. The second kappa shape index (κ2) is 6.97. The first kappa shape index (κ1) is 17.6. The van der Waals surface area contributed by atoms with Gasteiger partial charge in [0.05, 0.1) is 23.6 Å². The number of methoxy groups -OCH3 is 1. The van der Waals surface area contributed by atoms with E-state index in [0.29, 0.717) is 22.5 Å². The Morgan fingerprint density at radius 3 is 2.80 bits per heavy atom. The van der Waals surface area contributed by atoms with Gasteiger partial charge < -0.3 is 9.72 Å². The van der Waals surface area contributed by atoms with Crippen LogP contribution in [0.3, 0.4) is 0 Å². The minimum atomic E-state index is -0.443. The van der Waals surface area contributed by atoms with Crippen molar-refractivity contribution in [2.75, 3.05) is 7.11 Å². The van der Waals surface area contributed by atoms with Crippen molar-refractivity contribution >= 4 is 45.1 Å². The zero-order chi connectivity index (χ0) is 18.1. The van der Waals surface area contributed by atoms with Crippen molar-refractivity contribution in [1.82, 2.24) is 15.0 Å². The van der Waals surface area contributed by atoms with E-state index in [2.05, 4.69) is 15.0 Å². The number of aromatic amines is 1. The summed E-state index contributed by atoms with van der Waals surface area (Å²) >= 11 is 2.93. The number of H-pyrrole nitrogens is 1. The molecule has 130 valence electrons. The molecule has 3 aromatic heterocycles. The molecule has 0 aromatic carbocycles. The number of aromatic nitrogens is 3. The number of esters is 1. The van der Waals surface area contributed by atoms with Crippen LogP contribution in [0.25, 0.3) is 10.2 Å². The molecule has 0 aliphatic heterocycles. The molecule has 8 heteroatoms. The molecule has 0 radical (unpaired) electrons. The number of nitrogens with zero attached hydrogens (tertiary/aromatic N) is 2. The number of fused-ring (bicyclic) bond motifs is 1. The van der Waals surface area contributed by atoms with Crippen molar-refractivity contribution in [3.8, 4) is 0 Å². The maximum absolute atomic E-state index is 12.9. The van der Waals surface area contributed by atoms with E-state index in [1.54, 1.807) is 13.8 Å². The van der Waals surface area contributed by atoms with Crippen LogP contribution < -0.4 is 0 Å². The Morgan fingerprint density at radius 2 is 2.08 bits per heavy atom. The number of nitrogens with one attached hydrogen (secondary N) is 1. The fraction of sp³-hybridized carbons (Fsp3) is 0.294. The summed E-state index contributed by atoms with van der Waals surface area (Å²) in [5, 5.41) is 3.32. The van der Waals surface area contributed by atoms with Crippen molar-refractivity contribution in [3.05, 3.63) is 40.3 Å². The van der Waals surface area contributed by atoms with Gasteiger partial charge in [-0.25, -0.2) is 14.8 Å². The quantitative estimate of drug-likeness (QED) is 0.316. The molecule has 0 saturated heterocycles. The number of hydrogen-bond donors (Lipinski definition) is 1. The van der Waals surface area contributed by atoms with Crippen LogP contribution in [0, 0.1) is 13.8 Å². The molecule has 0 aliphatic carbocycles. The second-order valence-electron chi connectivity index (χ2n) is 5.56. The lowest BCUT2D eigenvalue weighted by Gasteiger charge is -2.10. The molecule has 0 fully saturated rings. The summed E-state index contributed by atoms with van der Waals surface area (Å²) < 4.78 is 4.80. The normalized spacial score (nSPS) is 12.3. The van der Waals surface area contributed by atoms with Crippen LogP contribution in [-0.4, -0.2) is 39.1 Å². The number of Topliss-reactive ketones (excluding diaryl/α,β-unsaturated/α-hetero) is 1. The van der Waals surface area contributed by atoms with Gasteiger partial charge in [-0.2, -0.15) is 0 Å². The van der Waals surface area contributed by atoms with Gasteiger partial charge in [-0.1, -0.05) is 11.8 Å². The first-order valence-electron chi connectivity index (χ1n) is 7.60. The van der Waals surface area contributed by atoms with Crippen molar-refractivity contribution in [2.45, 2.75) is 31.0 Å². The van der Waals surface area contributed by atoms with Crippen molar-refractivity contribution < 1.29 is 14.3 Å². The number of ketones is 1. The van der Waals surface area contributed by atoms with Crippen molar-refractivity contribution in [1.29, 1.82) is 0 Å². The molecule has 25 heavy (non-hydrogen) atoms. The van der Waals surface area contributed by atoms with Gasteiger partial charge >= 0.3 is 5.97 Å². The van der Waals surface area contributed by atoms with Gasteiger partial charge in [0, 0.05) is 11.1 Å². The Kier molecular flexibility index (Phi) is 4.91. The Labute approximate surface area is 153 Å². The fourth-order valence-corrected chi connectivity index (χ4v) is 4.45. The van der Waals surface area contributed by atoms with E-state index < -0.39 is 5.97 Å². The van der Waals surface area contributed by atoms with Gasteiger partial charge in [0.25, 0.3) is 0 Å². The molecule has 0 aliphatic rings. The maximum Gasteiger partial charge on any atom is 0.339 e. The molecule has 3 heterocycles. The minimum Gasteiger partial charge on any atom is -0.465 e. The van der Waals surface area contributed by atoms with Gasteiger partial charge in [-0.3, -0.25) is 4.79 Å². The summed E-state index contributed by atoms with van der Waals surface area (Å²) in [5.41, 5.74) is 2.11. The summed E-state index contributed by atoms with van der Waals surface area (Å²) in [4.78, 5) is 37.2. The number of carbonyl (C=O) groups excluding carboxylic acids is 2. The number of carbonyl (C=O) groups is 2. The Morgan fingerprint density at radius 1 is 1.32 bits per heavy atom. The van der Waals surface area contributed by atoms with Gasteiger partial charge in [0.2, 0.25) is 0 Å². The highest BCUT2D eigenvalue weighted by Gasteiger charge is 2.26. The molecule has 0 unspecified atom stereocenters. The average molecular weight is 375 g/mol. The van der Waals surface area contributed by atoms with Crippen LogP contribution in [0.1, 0.15) is 39.0 Å². The van der Waals surface area contributed by atoms with Gasteiger partial charge in [-0.15, -0.1) is 11.3 Å². The molecule has 0 amide bonds. The van der Waals surface area contributed by atoms with E-state index in [4.69, 9.17) is 4.74 Å². The van der Waals surface area contributed by atoms with Gasteiger partial charge in [-0.05, 0) is 37.8 Å². The molecule has 0 bridgehead atoms. The maximum atomic E-state index is 12.9. The smallest absolute Gasteiger partial charge is 0.339 e. The third kappa shape index (κ3) is 3.19. The third-order valence-corrected chi connectivity index (χ3v) is 5.89. The zero-order valence-corrected chi connectivity index (χ0v) is 15.9. The van der Waals surface area contributed by atoms with Crippen LogP contribution in [0.5, 0.6) is 0 Å². The minimum absolute atomic E-state index is 0.0808. The summed E-state index contributed by atoms with van der Waals surface area (Å²) in [6, 6.07) is 1.96. The first-order valence-corrected chi connectivity index (χ1v) is 9.36. The predicted molar refractivity (Wildman–Crippen MR) is 98.7 cm³/mol. The summed E-state index contributed by atoms with van der Waals surface area (Å²) in [6.45, 7) is 5.34. The number of aryl methyl sites for hydroxylation is 1. The van der Waals surface area contributed by atoms with Crippen LogP contribution in [0.15, 0.2) is 22.8 Å². The molecule has 1 atom stereocenters. The van der Waals surface area contributed by atoms with E-state index in [1.165, 1.54) is 36.5 Å². The predicted octanol–water partition coefficient (Wildman–Crippen LogP) is 3.79. The molecule has 0 spiro atoms. The lowest BCUT2D eigenvalue weighted by Crippen LogP contribution is -2.15. The summed E-state index contributed by atoms with van der Waals surface area (Å²) in [5.74, 6) is -0.524. The molecule has 0 saturated carbocycles. The molecule has 3 aromatic rings. The van der Waals surface area contributed by atoms with Gasteiger partial charge in [0.15, 0.2) is 5.78 Å². The van der Waals surface area contributed by atoms with Crippen LogP contribution >= 0.6 is 23.1 Å². The number of thiophene rings is 1. The van der Waals surface area contributed by atoms with E-state index >= 15 is 0 Å². The Bertz CT molecular complexity index is 961. The number of hydrogen-bond acceptors (Lipinski definition) is 7. The topological polar surface area (TPSA) is 84.9 Å². The highest BCUT2D eigenvalue weighted by Crippen LogP contribution is 2.32. The molecule has 3 rings (SSSR count). The Hall–Kier alpha value is -2.19. The lowest BCUT2D eigenvalue weighted by molar-refractivity contribution is 0.0599. The molecule has 1 N–H and O–H groups in total. The number of thioether (sulfide) groups is 1. The third-order valence-electron chi connectivity index (χ3n) is 3.96. The molecule has 6 nitrogen and oxygen atoms in total. The SMILES string of the molecule is COC(=O)c1c(C)[nH]c(C(=O)[C@@H](C)Sc2ncnc3sccc23)c1C. The standard InChI is InChI=1S/C17H17N3O3S2/c1-8-12(17(22)23-4)9(2)20-13(8)14(21)10(3)25-16-11-5-6-24-15(11)18-7-19-16/h5-7,10,20H,1-4H3/t10-/m1/s1. The first-order chi connectivity index (χ1) is 11.9. The largest absolute Gasteiger partial charge is 0.465 e. The monoisotopic (exact) mass is 375 g/mol. The van der Waals surface area contributed by atoms with Crippen molar-refractivity contribution in [3.63, 3.8) is 0 Å². The average Bonchev–Trinajstić information content (AvgIpc) is 3.18. The van der Waals surface area contributed by atoms with Crippen LogP contribution in [0.4, 0.5) is 0 Å². The highest BCUT2D eigenvalue weighted by molar-refractivity contribution is 8.00. The zero-order valence-electron chi connectivity index (χ0n) is 14.2. The second-order valence-corrected chi connectivity index (χ2v) is 7.78. The van der Waals surface area contributed by atoms with Crippen LogP contribution in [-0.2, 0) is 4.74 Å². The van der Waals surface area contributed by atoms with Gasteiger partial charge in [0.1, 0.15) is 16.2 Å². The summed E-state index contributed by atoms with van der Waals surface area (Å²) in [7, 11) is 1.33.